The first-order chi connectivity index (χ1) is 5.70. The lowest BCUT2D eigenvalue weighted by atomic mass is 10.0. The molecule has 0 bridgehead atoms. The van der Waals surface area contributed by atoms with Crippen LogP contribution in [0.1, 0.15) is 46.0 Å². The number of unbranched alkanes of at least 4 members (excludes halogenated alkanes) is 2. The van der Waals surface area contributed by atoms with E-state index in [0.717, 1.165) is 12.8 Å². The Morgan fingerprint density at radius 2 is 2.08 bits per heavy atom. The topological polar surface area (TPSA) is 43.1 Å². The van der Waals surface area contributed by atoms with Crippen molar-refractivity contribution in [2.45, 2.75) is 46.0 Å². The standard InChI is InChI=1S/C10H21NO/c1-3-4-5-6-10(12)7-9(2)8-11/h9H,3-8,11H2,1-2H3. The molecule has 0 aliphatic heterocycles. The fraction of sp³-hybridized carbons (Fsp3) is 0.900. The molecular weight excluding hydrogens is 150 g/mol. The van der Waals surface area contributed by atoms with Crippen LogP contribution in [-0.4, -0.2) is 12.3 Å². The lowest BCUT2D eigenvalue weighted by molar-refractivity contribution is -0.119. The first kappa shape index (κ1) is 11.6. The summed E-state index contributed by atoms with van der Waals surface area (Å²) < 4.78 is 0. The molecule has 0 aliphatic carbocycles. The van der Waals surface area contributed by atoms with Crippen molar-refractivity contribution in [1.29, 1.82) is 0 Å². The second kappa shape index (κ2) is 7.29. The van der Waals surface area contributed by atoms with Crippen molar-refractivity contribution < 1.29 is 4.79 Å². The van der Waals surface area contributed by atoms with Crippen LogP contribution in [0.15, 0.2) is 0 Å². The predicted octanol–water partition coefficient (Wildman–Crippen LogP) is 2.12. The largest absolute Gasteiger partial charge is 0.330 e. The van der Waals surface area contributed by atoms with Crippen molar-refractivity contribution in [1.82, 2.24) is 0 Å². The van der Waals surface area contributed by atoms with Gasteiger partial charge in [-0.15, -0.1) is 0 Å². The Bertz CT molecular complexity index is 123. The molecule has 0 saturated heterocycles. The zero-order valence-corrected chi connectivity index (χ0v) is 8.31. The van der Waals surface area contributed by atoms with Crippen LogP contribution in [0.2, 0.25) is 0 Å². The van der Waals surface area contributed by atoms with Gasteiger partial charge in [0.2, 0.25) is 0 Å². The minimum absolute atomic E-state index is 0.360. The Kier molecular flexibility index (Phi) is 7.06. The molecule has 0 aromatic rings. The van der Waals surface area contributed by atoms with Crippen molar-refractivity contribution >= 4 is 5.78 Å². The highest BCUT2D eigenvalue weighted by Gasteiger charge is 2.06. The van der Waals surface area contributed by atoms with Gasteiger partial charge in [0.25, 0.3) is 0 Å². The van der Waals surface area contributed by atoms with Gasteiger partial charge in [-0.1, -0.05) is 26.7 Å². The zero-order valence-electron chi connectivity index (χ0n) is 8.31. The summed E-state index contributed by atoms with van der Waals surface area (Å²) in [4.78, 5) is 11.2. The third-order valence-corrected chi connectivity index (χ3v) is 2.04. The van der Waals surface area contributed by atoms with Gasteiger partial charge in [-0.2, -0.15) is 0 Å². The molecule has 72 valence electrons. The van der Waals surface area contributed by atoms with Crippen LogP contribution in [0.5, 0.6) is 0 Å². The number of hydrogen-bond donors (Lipinski definition) is 1. The number of rotatable bonds is 7. The quantitative estimate of drug-likeness (QED) is 0.596. The first-order valence-corrected chi connectivity index (χ1v) is 4.92. The summed E-state index contributed by atoms with van der Waals surface area (Å²) in [5, 5.41) is 0. The maximum Gasteiger partial charge on any atom is 0.133 e. The van der Waals surface area contributed by atoms with Crippen LogP contribution in [0, 0.1) is 5.92 Å². The van der Waals surface area contributed by atoms with Crippen LogP contribution >= 0.6 is 0 Å². The van der Waals surface area contributed by atoms with E-state index < -0.39 is 0 Å². The summed E-state index contributed by atoms with van der Waals surface area (Å²) in [5.74, 6) is 0.737. The molecule has 0 spiro atoms. The van der Waals surface area contributed by atoms with Gasteiger partial charge in [-0.3, -0.25) is 4.79 Å². The Hall–Kier alpha value is -0.370. The van der Waals surface area contributed by atoms with E-state index in [4.69, 9.17) is 5.73 Å². The number of nitrogens with two attached hydrogens (primary N) is 1. The monoisotopic (exact) mass is 171 g/mol. The molecule has 0 aromatic heterocycles. The van der Waals surface area contributed by atoms with E-state index in [-0.39, 0.29) is 0 Å². The van der Waals surface area contributed by atoms with E-state index in [1.54, 1.807) is 0 Å². The van der Waals surface area contributed by atoms with Gasteiger partial charge in [-0.25, -0.2) is 0 Å². The zero-order chi connectivity index (χ0) is 9.40. The number of ketones is 1. The second-order valence-electron chi connectivity index (χ2n) is 3.54. The molecule has 1 atom stereocenters. The summed E-state index contributed by atoms with van der Waals surface area (Å²) in [6.45, 7) is 4.80. The Balaban J connectivity index is 3.33. The Labute approximate surface area is 75.5 Å². The van der Waals surface area contributed by atoms with E-state index in [2.05, 4.69) is 6.92 Å². The van der Waals surface area contributed by atoms with Crippen LogP contribution in [-0.2, 0) is 4.79 Å². The van der Waals surface area contributed by atoms with Gasteiger partial charge in [0.15, 0.2) is 0 Å². The average molecular weight is 171 g/mol. The van der Waals surface area contributed by atoms with Crippen LogP contribution in [0.25, 0.3) is 0 Å². The maximum atomic E-state index is 11.2. The third kappa shape index (κ3) is 6.35. The minimum atomic E-state index is 0.360. The molecule has 0 amide bonds. The second-order valence-corrected chi connectivity index (χ2v) is 3.54. The molecule has 2 heteroatoms. The van der Waals surface area contributed by atoms with Crippen LogP contribution in [0.4, 0.5) is 0 Å². The lowest BCUT2D eigenvalue weighted by Gasteiger charge is -2.06. The summed E-state index contributed by atoms with van der Waals surface area (Å²) in [7, 11) is 0. The molecule has 0 saturated carbocycles. The highest BCUT2D eigenvalue weighted by molar-refractivity contribution is 5.78. The summed E-state index contributed by atoms with van der Waals surface area (Å²) in [6.07, 6.45) is 4.81. The number of hydrogen-bond acceptors (Lipinski definition) is 2. The van der Waals surface area contributed by atoms with Crippen molar-refractivity contribution in [3.05, 3.63) is 0 Å². The summed E-state index contributed by atoms with van der Waals surface area (Å²) in [5.41, 5.74) is 5.42. The smallest absolute Gasteiger partial charge is 0.133 e. The summed E-state index contributed by atoms with van der Waals surface area (Å²) in [6, 6.07) is 0. The average Bonchev–Trinajstić information content (AvgIpc) is 2.05. The molecular formula is C10H21NO. The molecule has 12 heavy (non-hydrogen) atoms. The Morgan fingerprint density at radius 1 is 1.42 bits per heavy atom. The molecule has 2 N–H and O–H groups in total. The van der Waals surface area contributed by atoms with Crippen LogP contribution in [0.3, 0.4) is 0 Å². The van der Waals surface area contributed by atoms with E-state index in [1.807, 2.05) is 6.92 Å². The molecule has 0 rings (SSSR count). The Morgan fingerprint density at radius 3 is 2.58 bits per heavy atom. The normalized spacial score (nSPS) is 12.9. The molecule has 1 unspecified atom stereocenters. The maximum absolute atomic E-state index is 11.2. The van der Waals surface area contributed by atoms with Crippen LogP contribution < -0.4 is 5.73 Å². The van der Waals surface area contributed by atoms with E-state index in [1.165, 1.54) is 12.8 Å². The molecule has 0 fully saturated rings. The van der Waals surface area contributed by atoms with Gasteiger partial charge in [0.05, 0.1) is 0 Å². The molecule has 0 aliphatic rings. The molecule has 0 heterocycles. The van der Waals surface area contributed by atoms with Crippen molar-refractivity contribution in [3.63, 3.8) is 0 Å². The predicted molar refractivity (Wildman–Crippen MR) is 52.0 cm³/mol. The van der Waals surface area contributed by atoms with Gasteiger partial charge >= 0.3 is 0 Å². The highest BCUT2D eigenvalue weighted by Crippen LogP contribution is 2.06. The number of carbonyl (C=O) groups excluding carboxylic acids is 1. The molecule has 0 aromatic carbocycles. The molecule has 2 nitrogen and oxygen atoms in total. The summed E-state index contributed by atoms with van der Waals surface area (Å²) >= 11 is 0. The van der Waals surface area contributed by atoms with E-state index in [9.17, 15) is 4.79 Å². The molecule has 0 radical (unpaired) electrons. The lowest BCUT2D eigenvalue weighted by Crippen LogP contribution is -2.14. The van der Waals surface area contributed by atoms with Gasteiger partial charge in [0.1, 0.15) is 5.78 Å². The van der Waals surface area contributed by atoms with Gasteiger partial charge in [0, 0.05) is 12.8 Å². The fourth-order valence-corrected chi connectivity index (χ4v) is 1.15. The van der Waals surface area contributed by atoms with E-state index >= 15 is 0 Å². The number of carbonyl (C=O) groups is 1. The van der Waals surface area contributed by atoms with Gasteiger partial charge < -0.3 is 5.73 Å². The fourth-order valence-electron chi connectivity index (χ4n) is 1.15. The highest BCUT2D eigenvalue weighted by atomic mass is 16.1. The van der Waals surface area contributed by atoms with Gasteiger partial charge in [-0.05, 0) is 18.9 Å². The van der Waals surface area contributed by atoms with Crippen molar-refractivity contribution in [2.75, 3.05) is 6.54 Å². The number of Topliss-reactive ketones (excluding diaryl/α,β-unsaturated/α-hetero) is 1. The van der Waals surface area contributed by atoms with Crippen molar-refractivity contribution in [3.8, 4) is 0 Å². The van der Waals surface area contributed by atoms with Crippen molar-refractivity contribution in [2.24, 2.45) is 11.7 Å². The minimum Gasteiger partial charge on any atom is -0.330 e. The SMILES string of the molecule is CCCCCC(=O)CC(C)CN. The first-order valence-electron chi connectivity index (χ1n) is 4.92. The van der Waals surface area contributed by atoms with E-state index in [0.29, 0.717) is 24.7 Å². The third-order valence-electron chi connectivity index (χ3n) is 2.04.